The second-order valence-corrected chi connectivity index (χ2v) is 22.7. The number of allylic oxidation sites excluding steroid dienone is 1. The molecule has 1 aliphatic rings. The van der Waals surface area contributed by atoms with Gasteiger partial charge >= 0.3 is 11.9 Å². The monoisotopic (exact) mass is 1170 g/mol. The van der Waals surface area contributed by atoms with E-state index in [2.05, 4.69) is 58.7 Å². The number of rotatable bonds is 53. The minimum atomic E-state index is -0.745. The van der Waals surface area contributed by atoms with E-state index in [1.165, 1.54) is 188 Å². The van der Waals surface area contributed by atoms with Crippen LogP contribution in [-0.4, -0.2) is 92.8 Å². The summed E-state index contributed by atoms with van der Waals surface area (Å²) in [7, 11) is 2.91. The van der Waals surface area contributed by atoms with Gasteiger partial charge in [-0.3, -0.25) is 9.59 Å². The molecule has 0 amide bonds. The number of aliphatic hydroxyl groups excluding tert-OH is 3. The lowest BCUT2D eigenvalue weighted by Gasteiger charge is -2.19. The lowest BCUT2D eigenvalue weighted by atomic mass is 9.92. The highest BCUT2D eigenvalue weighted by molar-refractivity contribution is 5.75. The molecule has 0 heterocycles. The number of hydrogen-bond donors (Lipinski definition) is 3. The first-order valence-electron chi connectivity index (χ1n) is 33.5. The molecule has 1 saturated carbocycles. The van der Waals surface area contributed by atoms with Crippen LogP contribution in [0.5, 0.6) is 0 Å². The van der Waals surface area contributed by atoms with E-state index in [4.69, 9.17) is 49.4 Å². The predicted molar refractivity (Wildman–Crippen MR) is 340 cm³/mol. The van der Waals surface area contributed by atoms with Crippen molar-refractivity contribution in [2.24, 2.45) is 11.8 Å². The van der Waals surface area contributed by atoms with Gasteiger partial charge in [-0.05, 0) is 83.0 Å². The number of ether oxygens (including phenoxy) is 2. The molecule has 1 fully saturated rings. The van der Waals surface area contributed by atoms with E-state index in [-0.39, 0.29) is 55.6 Å². The van der Waals surface area contributed by atoms with Gasteiger partial charge in [0, 0.05) is 19.4 Å². The maximum atomic E-state index is 11.5. The second kappa shape index (κ2) is 69.2. The average Bonchev–Trinajstić information content (AvgIpc) is 3.60. The fraction of sp³-hybridized carbons (Fsp3) is 0.855. The third-order valence-electron chi connectivity index (χ3n) is 14.9. The Bertz CT molecular complexity index is 1340. The number of methoxy groups -OCH3 is 2. The van der Waals surface area contributed by atoms with Crippen LogP contribution in [0.1, 0.15) is 304 Å². The highest BCUT2D eigenvalue weighted by Crippen LogP contribution is 2.27. The fourth-order valence-corrected chi connectivity index (χ4v) is 9.43. The largest absolute Gasteiger partial charge is 0.469 e. The molecule has 0 aromatic rings. The SMILES string of the molecule is C=C1CCCCCCCC1C(=O)OC.C=CCC(CCCCCCC)OOCCC(CCOOC(CC=C)CCCCCCC)COOC(=C)CCCCCCCCCC.CCCCCCCCCCCC(=O)OC.OCCC(O)CO. The smallest absolute Gasteiger partial charge is 0.312 e. The Morgan fingerprint density at radius 1 is 0.549 bits per heavy atom. The first-order chi connectivity index (χ1) is 40.0. The van der Waals surface area contributed by atoms with Gasteiger partial charge in [-0.25, -0.2) is 19.6 Å². The van der Waals surface area contributed by atoms with Crippen LogP contribution in [0.15, 0.2) is 49.8 Å². The Morgan fingerprint density at radius 2 is 0.976 bits per heavy atom. The normalized spacial score (nSPS) is 14.8. The van der Waals surface area contributed by atoms with Gasteiger partial charge in [0.05, 0.1) is 64.9 Å². The number of carbonyl (C=O) groups excluding carboxylic acids is 2. The van der Waals surface area contributed by atoms with Gasteiger partial charge in [0.25, 0.3) is 0 Å². The number of hydrogen-bond acceptors (Lipinski definition) is 13. The van der Waals surface area contributed by atoms with Crippen LogP contribution in [0.2, 0.25) is 0 Å². The maximum Gasteiger partial charge on any atom is 0.312 e. The van der Waals surface area contributed by atoms with E-state index in [1.807, 2.05) is 12.2 Å². The van der Waals surface area contributed by atoms with E-state index in [0.717, 1.165) is 95.5 Å². The highest BCUT2D eigenvalue weighted by Gasteiger charge is 2.22. The first-order valence-corrected chi connectivity index (χ1v) is 33.5. The Kier molecular flexibility index (Phi) is 70.5. The fourth-order valence-electron chi connectivity index (χ4n) is 9.43. The lowest BCUT2D eigenvalue weighted by molar-refractivity contribution is -0.333. The number of unbranched alkanes of at least 4 members (excludes halogenated alkanes) is 23. The molecule has 13 nitrogen and oxygen atoms in total. The molecule has 4 unspecified atom stereocenters. The van der Waals surface area contributed by atoms with E-state index < -0.39 is 6.10 Å². The molecular weight excluding hydrogens is 1040 g/mol. The van der Waals surface area contributed by atoms with Crippen LogP contribution in [0, 0.1) is 11.8 Å². The zero-order chi connectivity index (χ0) is 61.2. The van der Waals surface area contributed by atoms with Crippen molar-refractivity contribution in [1.82, 2.24) is 0 Å². The van der Waals surface area contributed by atoms with E-state index >= 15 is 0 Å². The minimum absolute atomic E-state index is 0.0434. The highest BCUT2D eigenvalue weighted by atomic mass is 17.2. The Morgan fingerprint density at radius 3 is 1.39 bits per heavy atom. The first kappa shape index (κ1) is 83.6. The van der Waals surface area contributed by atoms with Crippen molar-refractivity contribution in [2.75, 3.05) is 47.3 Å². The number of esters is 2. The summed E-state index contributed by atoms with van der Waals surface area (Å²) in [6.45, 7) is 25.9. The molecule has 0 aliphatic heterocycles. The van der Waals surface area contributed by atoms with Gasteiger partial charge in [0.15, 0.2) is 0 Å². The Labute approximate surface area is 504 Å². The van der Waals surface area contributed by atoms with Crippen molar-refractivity contribution in [3.05, 3.63) is 49.8 Å². The van der Waals surface area contributed by atoms with Gasteiger partial charge < -0.3 is 29.7 Å². The minimum Gasteiger partial charge on any atom is -0.469 e. The molecule has 0 bridgehead atoms. The van der Waals surface area contributed by atoms with Crippen LogP contribution < -0.4 is 0 Å². The molecule has 82 heavy (non-hydrogen) atoms. The maximum absolute atomic E-state index is 11.5. The van der Waals surface area contributed by atoms with Gasteiger partial charge in [-0.1, -0.05) is 245 Å². The van der Waals surface area contributed by atoms with Crippen LogP contribution in [0.4, 0.5) is 0 Å². The molecule has 13 heteroatoms. The van der Waals surface area contributed by atoms with E-state index in [1.54, 1.807) is 0 Å². The Balaban J connectivity index is -0.00000138. The van der Waals surface area contributed by atoms with Crippen LogP contribution >= 0.6 is 0 Å². The zero-order valence-electron chi connectivity index (χ0n) is 54.2. The summed E-state index contributed by atoms with van der Waals surface area (Å²) < 4.78 is 9.38. The van der Waals surface area contributed by atoms with Crippen molar-refractivity contribution in [3.8, 4) is 0 Å². The van der Waals surface area contributed by atoms with Crippen LogP contribution in [0.3, 0.4) is 0 Å². The summed E-state index contributed by atoms with van der Waals surface area (Å²) in [5.41, 5.74) is 1.07. The van der Waals surface area contributed by atoms with Crippen molar-refractivity contribution in [1.29, 1.82) is 0 Å². The second-order valence-electron chi connectivity index (χ2n) is 22.7. The molecule has 0 spiro atoms. The summed E-state index contributed by atoms with van der Waals surface area (Å²) in [6.07, 6.45) is 52.3. The van der Waals surface area contributed by atoms with Crippen LogP contribution in [0.25, 0.3) is 0 Å². The summed E-state index contributed by atoms with van der Waals surface area (Å²) in [5.74, 6) is 0.649. The molecule has 0 aromatic heterocycles. The van der Waals surface area contributed by atoms with Gasteiger partial charge in [0.2, 0.25) is 0 Å². The molecule has 4 atom stereocenters. The van der Waals surface area contributed by atoms with Gasteiger partial charge in [-0.15, -0.1) is 13.2 Å². The third-order valence-corrected chi connectivity index (χ3v) is 14.9. The summed E-state index contributed by atoms with van der Waals surface area (Å²) in [4.78, 5) is 56.5. The third kappa shape index (κ3) is 61.9. The lowest BCUT2D eigenvalue weighted by Crippen LogP contribution is -2.19. The van der Waals surface area contributed by atoms with E-state index in [9.17, 15) is 9.59 Å². The molecule has 486 valence electrons. The summed E-state index contributed by atoms with van der Waals surface area (Å²) in [5, 5.41) is 24.6. The number of aliphatic hydroxyl groups is 3. The molecule has 0 radical (unpaired) electrons. The Hall–Kier alpha value is -2.62. The molecule has 1 aliphatic carbocycles. The molecule has 3 N–H and O–H groups in total. The number of carbonyl (C=O) groups is 2. The van der Waals surface area contributed by atoms with Crippen molar-refractivity contribution in [3.63, 3.8) is 0 Å². The predicted octanol–water partition coefficient (Wildman–Crippen LogP) is 18.8. The van der Waals surface area contributed by atoms with Gasteiger partial charge in [0.1, 0.15) is 5.76 Å². The van der Waals surface area contributed by atoms with Crippen molar-refractivity contribution >= 4 is 11.9 Å². The van der Waals surface area contributed by atoms with Crippen molar-refractivity contribution in [2.45, 2.75) is 322 Å². The topological polar surface area (TPSA) is 169 Å². The molecule has 0 saturated heterocycles. The standard InChI is InChI=1S/C40H76O6.C13H26O2.C12H20O2.C4H10O3/c1-7-12-15-18-19-20-23-24-29-37(6)44-43-36-38(32-34-41-45-39(27-10-4)30-25-21-16-13-8-2)33-35-42-46-40(28-11-5)31-26-22-17-14-9-3;1-3-4-5-6-7-8-9-10-11-12-13(14)15-2;1-10-8-6-4-3-5-7-9-11(10)12(13)14-2;5-2-1-4(7)3-6/h10-11,38-40H,4-9,12-36H2,1-3H3;3-12H2,1-2H3;11H,1,3-9H2,2H3;4-7H,1-3H2. The molecule has 0 aromatic carbocycles. The van der Waals surface area contributed by atoms with Gasteiger partial charge in [-0.2, -0.15) is 4.89 Å². The van der Waals surface area contributed by atoms with Crippen LogP contribution in [-0.2, 0) is 48.4 Å². The quantitative estimate of drug-likeness (QED) is 0.0132. The molecule has 1 rings (SSSR count). The summed E-state index contributed by atoms with van der Waals surface area (Å²) in [6, 6.07) is 0. The molecular formula is C69H132O13. The van der Waals surface area contributed by atoms with E-state index in [0.29, 0.717) is 32.0 Å². The summed E-state index contributed by atoms with van der Waals surface area (Å²) >= 11 is 0. The zero-order valence-corrected chi connectivity index (χ0v) is 54.2. The average molecular weight is 1170 g/mol. The van der Waals surface area contributed by atoms with Crippen molar-refractivity contribution < 1.29 is 63.7 Å².